The molecule has 0 aliphatic carbocycles. The number of hydrogen-bond acceptors (Lipinski definition) is 4. The molecule has 2 amide bonds. The molecule has 1 heterocycles. The summed E-state index contributed by atoms with van der Waals surface area (Å²) in [5.74, 6) is 0.0950. The van der Waals surface area contributed by atoms with Crippen molar-refractivity contribution in [2.75, 3.05) is 32.7 Å². The van der Waals surface area contributed by atoms with Gasteiger partial charge >= 0.3 is 0 Å². The van der Waals surface area contributed by atoms with Crippen LogP contribution in [0.1, 0.15) is 26.3 Å². The molecule has 0 saturated carbocycles. The quantitative estimate of drug-likeness (QED) is 0.877. The van der Waals surface area contributed by atoms with Crippen molar-refractivity contribution in [1.82, 2.24) is 4.90 Å². The highest BCUT2D eigenvalue weighted by molar-refractivity contribution is 6.14. The summed E-state index contributed by atoms with van der Waals surface area (Å²) >= 11 is 0. The first-order valence-corrected chi connectivity index (χ1v) is 8.00. The molecule has 130 valence electrons. The highest BCUT2D eigenvalue weighted by Gasteiger charge is 2.31. The molecule has 0 bridgehead atoms. The Balaban J connectivity index is 1.86. The average Bonchev–Trinajstić information content (AvgIpc) is 2.96. The number of nitrogens with zero attached hydrogens (tertiary/aromatic N) is 1. The fraction of sp³-hybridized carbons (Fsp3) is 0.263. The number of ether oxygens (including phenoxy) is 2. The summed E-state index contributed by atoms with van der Waals surface area (Å²) in [6.07, 6.45) is 0. The van der Waals surface area contributed by atoms with Crippen LogP contribution in [-0.4, -0.2) is 44.1 Å². The van der Waals surface area contributed by atoms with E-state index >= 15 is 0 Å². The average molecular weight is 340 g/mol. The monoisotopic (exact) mass is 340 g/mol. The lowest BCUT2D eigenvalue weighted by Gasteiger charge is -2.15. The highest BCUT2D eigenvalue weighted by atomic mass is 16.5. The van der Waals surface area contributed by atoms with Crippen LogP contribution in [0.25, 0.3) is 0 Å². The normalized spacial score (nSPS) is 12.9. The van der Waals surface area contributed by atoms with Crippen LogP contribution in [0.5, 0.6) is 5.75 Å². The molecule has 6 nitrogen and oxygen atoms in total. The molecule has 1 N–H and O–H groups in total. The van der Waals surface area contributed by atoms with Gasteiger partial charge in [0.15, 0.2) is 0 Å². The maximum Gasteiger partial charge on any atom is 0.256 e. The van der Waals surface area contributed by atoms with E-state index in [0.717, 1.165) is 5.56 Å². The van der Waals surface area contributed by atoms with E-state index in [1.807, 2.05) is 18.2 Å². The number of benzene rings is 2. The number of carbonyl (C=O) groups is 2. The first kappa shape index (κ1) is 17.0. The van der Waals surface area contributed by atoms with Gasteiger partial charge in [-0.3, -0.25) is 9.59 Å². The predicted molar refractivity (Wildman–Crippen MR) is 94.0 cm³/mol. The minimum Gasteiger partial charge on any atom is -0.495 e. The standard InChI is InChI=1S/C19H20N2O4/c1-24-11-10-21-12-13-6-5-7-14(17(13)19(21)23)18(22)20-15-8-3-4-9-16(15)25-2/h3-9H,10-12H2,1-2H3,(H,20,22). The fourth-order valence-electron chi connectivity index (χ4n) is 2.93. The maximum atomic E-state index is 12.7. The van der Waals surface area contributed by atoms with Crippen molar-refractivity contribution in [3.63, 3.8) is 0 Å². The minimum absolute atomic E-state index is 0.141. The second-order valence-electron chi connectivity index (χ2n) is 5.71. The summed E-state index contributed by atoms with van der Waals surface area (Å²) in [5.41, 5.74) is 2.25. The van der Waals surface area contributed by atoms with E-state index in [4.69, 9.17) is 9.47 Å². The zero-order valence-corrected chi connectivity index (χ0v) is 14.2. The highest BCUT2D eigenvalue weighted by Crippen LogP contribution is 2.28. The van der Waals surface area contributed by atoms with Gasteiger partial charge in [0.2, 0.25) is 0 Å². The third kappa shape index (κ3) is 3.34. The van der Waals surface area contributed by atoms with Gasteiger partial charge in [-0.2, -0.15) is 0 Å². The molecule has 2 aromatic carbocycles. The number of para-hydroxylation sites is 2. The van der Waals surface area contributed by atoms with Crippen LogP contribution in [0.2, 0.25) is 0 Å². The topological polar surface area (TPSA) is 67.9 Å². The fourth-order valence-corrected chi connectivity index (χ4v) is 2.93. The summed E-state index contributed by atoms with van der Waals surface area (Å²) in [7, 11) is 3.14. The van der Waals surface area contributed by atoms with Gasteiger partial charge in [0.25, 0.3) is 11.8 Å². The zero-order chi connectivity index (χ0) is 17.8. The molecule has 0 fully saturated rings. The van der Waals surface area contributed by atoms with E-state index < -0.39 is 0 Å². The van der Waals surface area contributed by atoms with Crippen molar-refractivity contribution in [3.8, 4) is 5.75 Å². The maximum absolute atomic E-state index is 12.7. The lowest BCUT2D eigenvalue weighted by atomic mass is 10.0. The van der Waals surface area contributed by atoms with Crippen molar-refractivity contribution in [1.29, 1.82) is 0 Å². The molecule has 0 aromatic heterocycles. The van der Waals surface area contributed by atoms with Crippen LogP contribution in [0.3, 0.4) is 0 Å². The molecule has 0 unspecified atom stereocenters. The van der Waals surface area contributed by atoms with Crippen molar-refractivity contribution in [3.05, 3.63) is 59.2 Å². The van der Waals surface area contributed by atoms with Gasteiger partial charge in [-0.15, -0.1) is 0 Å². The molecule has 0 spiro atoms. The third-order valence-electron chi connectivity index (χ3n) is 4.18. The van der Waals surface area contributed by atoms with Gasteiger partial charge < -0.3 is 19.7 Å². The lowest BCUT2D eigenvalue weighted by Crippen LogP contribution is -2.28. The Labute approximate surface area is 146 Å². The Morgan fingerprint density at radius 2 is 1.96 bits per heavy atom. The number of fused-ring (bicyclic) bond motifs is 1. The smallest absolute Gasteiger partial charge is 0.256 e. The lowest BCUT2D eigenvalue weighted by molar-refractivity contribution is 0.0716. The van der Waals surface area contributed by atoms with Gasteiger partial charge in [-0.25, -0.2) is 0 Å². The number of carbonyl (C=O) groups excluding carboxylic acids is 2. The molecular formula is C19H20N2O4. The summed E-state index contributed by atoms with van der Waals surface area (Å²) in [6, 6.07) is 12.5. The van der Waals surface area contributed by atoms with Crippen molar-refractivity contribution in [2.24, 2.45) is 0 Å². The minimum atomic E-state index is -0.330. The second-order valence-corrected chi connectivity index (χ2v) is 5.71. The van der Waals surface area contributed by atoms with Crippen molar-refractivity contribution < 1.29 is 19.1 Å². The summed E-state index contributed by atoms with van der Waals surface area (Å²) in [4.78, 5) is 27.1. The predicted octanol–water partition coefficient (Wildman–Crippen LogP) is 2.55. The molecular weight excluding hydrogens is 320 g/mol. The van der Waals surface area contributed by atoms with Crippen LogP contribution in [0, 0.1) is 0 Å². The molecule has 1 aliphatic rings. The van der Waals surface area contributed by atoms with E-state index in [0.29, 0.717) is 42.3 Å². The van der Waals surface area contributed by atoms with E-state index in [1.54, 1.807) is 43.4 Å². The third-order valence-corrected chi connectivity index (χ3v) is 4.18. The molecule has 1 aliphatic heterocycles. The van der Waals surface area contributed by atoms with Crippen molar-refractivity contribution in [2.45, 2.75) is 6.54 Å². The number of hydrogen-bond donors (Lipinski definition) is 1. The van der Waals surface area contributed by atoms with Crippen LogP contribution >= 0.6 is 0 Å². The summed E-state index contributed by atoms with van der Waals surface area (Å²) < 4.78 is 10.3. The summed E-state index contributed by atoms with van der Waals surface area (Å²) in [5, 5.41) is 2.83. The number of rotatable bonds is 6. The Hall–Kier alpha value is -2.86. The Kier molecular flexibility index (Phi) is 5.00. The van der Waals surface area contributed by atoms with E-state index in [1.165, 1.54) is 0 Å². The molecule has 0 radical (unpaired) electrons. The van der Waals surface area contributed by atoms with E-state index in [2.05, 4.69) is 5.32 Å². The van der Waals surface area contributed by atoms with Crippen LogP contribution < -0.4 is 10.1 Å². The Bertz CT molecular complexity index is 804. The van der Waals surface area contributed by atoms with Crippen LogP contribution in [0.4, 0.5) is 5.69 Å². The van der Waals surface area contributed by atoms with E-state index in [9.17, 15) is 9.59 Å². The molecule has 0 atom stereocenters. The van der Waals surface area contributed by atoms with Gasteiger partial charge in [0.1, 0.15) is 5.75 Å². The summed E-state index contributed by atoms with van der Waals surface area (Å²) in [6.45, 7) is 1.45. The first-order valence-electron chi connectivity index (χ1n) is 8.00. The second kappa shape index (κ2) is 7.36. The van der Waals surface area contributed by atoms with Crippen LogP contribution in [-0.2, 0) is 11.3 Å². The number of nitrogens with one attached hydrogen (secondary N) is 1. The number of methoxy groups -OCH3 is 2. The molecule has 6 heteroatoms. The first-order chi connectivity index (χ1) is 12.2. The van der Waals surface area contributed by atoms with Gasteiger partial charge in [-0.1, -0.05) is 24.3 Å². The SMILES string of the molecule is COCCN1Cc2cccc(C(=O)Nc3ccccc3OC)c2C1=O. The van der Waals surface area contributed by atoms with Gasteiger partial charge in [0, 0.05) is 20.2 Å². The molecule has 3 rings (SSSR count). The number of amides is 2. The molecule has 25 heavy (non-hydrogen) atoms. The molecule has 2 aromatic rings. The molecule has 0 saturated heterocycles. The van der Waals surface area contributed by atoms with Crippen molar-refractivity contribution >= 4 is 17.5 Å². The number of anilines is 1. The Morgan fingerprint density at radius 1 is 1.16 bits per heavy atom. The van der Waals surface area contributed by atoms with Crippen LogP contribution in [0.15, 0.2) is 42.5 Å². The largest absolute Gasteiger partial charge is 0.495 e. The Morgan fingerprint density at radius 3 is 2.72 bits per heavy atom. The van der Waals surface area contributed by atoms with E-state index in [-0.39, 0.29) is 11.8 Å². The van der Waals surface area contributed by atoms with Gasteiger partial charge in [-0.05, 0) is 23.8 Å². The zero-order valence-electron chi connectivity index (χ0n) is 14.2. The van der Waals surface area contributed by atoms with Gasteiger partial charge in [0.05, 0.1) is 30.5 Å².